The molecule has 0 saturated heterocycles. The Kier molecular flexibility index (Phi) is 6.17. The smallest absolute Gasteiger partial charge is 0.254 e. The molecule has 0 spiro atoms. The lowest BCUT2D eigenvalue weighted by Crippen LogP contribution is -2.38. The van der Waals surface area contributed by atoms with E-state index in [-0.39, 0.29) is 16.7 Å². The molecule has 0 saturated carbocycles. The predicted molar refractivity (Wildman–Crippen MR) is 123 cm³/mol. The van der Waals surface area contributed by atoms with Crippen LogP contribution in [0.1, 0.15) is 46.8 Å². The molecule has 0 radical (unpaired) electrons. The molecule has 1 atom stereocenters. The van der Waals surface area contributed by atoms with Gasteiger partial charge in [0.15, 0.2) is 0 Å². The molecule has 3 aromatic rings. The maximum Gasteiger partial charge on any atom is 0.254 e. The molecule has 1 unspecified atom stereocenters. The number of aryl methyl sites for hydroxylation is 1. The SMILES string of the molecule is CCN(CC)S(=O)(=O)c1ccc(C(=O)N2Cc3ccccc3C(c3cnn(C)c3)C2)cc1. The van der Waals surface area contributed by atoms with Crippen LogP contribution in [0.25, 0.3) is 0 Å². The van der Waals surface area contributed by atoms with Gasteiger partial charge in [0.05, 0.1) is 11.1 Å². The molecule has 0 bridgehead atoms. The molecule has 8 heteroatoms. The summed E-state index contributed by atoms with van der Waals surface area (Å²) in [7, 11) is -1.67. The molecular formula is C24H28N4O3S. The minimum absolute atomic E-state index is 0.0416. The van der Waals surface area contributed by atoms with Crippen LogP contribution in [0.2, 0.25) is 0 Å². The van der Waals surface area contributed by atoms with Gasteiger partial charge in [0, 0.05) is 50.9 Å². The third-order valence-corrected chi connectivity index (χ3v) is 8.12. The number of aromatic nitrogens is 2. The van der Waals surface area contributed by atoms with Crippen molar-refractivity contribution in [1.82, 2.24) is 19.0 Å². The molecule has 2 heterocycles. The lowest BCUT2D eigenvalue weighted by molar-refractivity contribution is 0.0725. The minimum atomic E-state index is -3.55. The molecule has 0 fully saturated rings. The number of fused-ring (bicyclic) bond motifs is 1. The second-order valence-electron chi connectivity index (χ2n) is 8.00. The Hall–Kier alpha value is -2.97. The normalized spacial score (nSPS) is 16.2. The van der Waals surface area contributed by atoms with Crippen LogP contribution < -0.4 is 0 Å². The standard InChI is InChI=1S/C24H28N4O3S/c1-4-28(5-2)32(30,31)21-12-10-18(11-13-21)24(29)27-16-19-8-6-7-9-22(19)23(17-27)20-14-25-26(3)15-20/h6-15,23H,4-5,16-17H2,1-3H3. The highest BCUT2D eigenvalue weighted by Crippen LogP contribution is 2.34. The fraction of sp³-hybridized carbons (Fsp3) is 0.333. The molecule has 32 heavy (non-hydrogen) atoms. The summed E-state index contributed by atoms with van der Waals surface area (Å²) in [6.07, 6.45) is 3.84. The Morgan fingerprint density at radius 2 is 1.78 bits per heavy atom. The van der Waals surface area contributed by atoms with Crippen molar-refractivity contribution in [2.75, 3.05) is 19.6 Å². The summed E-state index contributed by atoms with van der Waals surface area (Å²) in [6.45, 7) is 5.49. The molecular weight excluding hydrogens is 424 g/mol. The third kappa shape index (κ3) is 4.08. The van der Waals surface area contributed by atoms with E-state index in [1.807, 2.05) is 50.3 Å². The maximum absolute atomic E-state index is 13.3. The quantitative estimate of drug-likeness (QED) is 0.575. The van der Waals surface area contributed by atoms with Crippen LogP contribution in [-0.4, -0.2) is 52.9 Å². The van der Waals surface area contributed by atoms with Crippen LogP contribution >= 0.6 is 0 Å². The van der Waals surface area contributed by atoms with Crippen LogP contribution in [0.5, 0.6) is 0 Å². The van der Waals surface area contributed by atoms with Gasteiger partial charge < -0.3 is 4.90 Å². The van der Waals surface area contributed by atoms with E-state index in [9.17, 15) is 13.2 Å². The fourth-order valence-corrected chi connectivity index (χ4v) is 5.79. The summed E-state index contributed by atoms with van der Waals surface area (Å²) >= 11 is 0. The average Bonchev–Trinajstić information content (AvgIpc) is 3.24. The molecule has 0 N–H and O–H groups in total. The van der Waals surface area contributed by atoms with Crippen LogP contribution in [-0.2, 0) is 23.6 Å². The van der Waals surface area contributed by atoms with Crippen LogP contribution in [0.15, 0.2) is 65.8 Å². The summed E-state index contributed by atoms with van der Waals surface area (Å²) in [5.74, 6) is -0.0694. The second kappa shape index (κ2) is 8.88. The summed E-state index contributed by atoms with van der Waals surface area (Å²) in [4.78, 5) is 15.4. The van der Waals surface area contributed by atoms with Crippen LogP contribution in [0, 0.1) is 0 Å². The Morgan fingerprint density at radius 3 is 2.41 bits per heavy atom. The first kappa shape index (κ1) is 22.2. The summed E-state index contributed by atoms with van der Waals surface area (Å²) in [5, 5.41) is 4.31. The Labute approximate surface area is 189 Å². The Morgan fingerprint density at radius 1 is 1.09 bits per heavy atom. The minimum Gasteiger partial charge on any atom is -0.333 e. The van der Waals surface area contributed by atoms with E-state index in [4.69, 9.17) is 0 Å². The van der Waals surface area contributed by atoms with E-state index < -0.39 is 10.0 Å². The average molecular weight is 453 g/mol. The number of hydrogen-bond acceptors (Lipinski definition) is 4. The zero-order chi connectivity index (χ0) is 22.9. The van der Waals surface area contributed by atoms with E-state index in [1.54, 1.807) is 16.8 Å². The third-order valence-electron chi connectivity index (χ3n) is 6.05. The zero-order valence-corrected chi connectivity index (χ0v) is 19.4. The van der Waals surface area contributed by atoms with Gasteiger partial charge in [-0.15, -0.1) is 0 Å². The number of sulfonamides is 1. The van der Waals surface area contributed by atoms with Gasteiger partial charge in [-0.25, -0.2) is 8.42 Å². The fourth-order valence-electron chi connectivity index (χ4n) is 4.33. The monoisotopic (exact) mass is 452 g/mol. The number of nitrogens with zero attached hydrogens (tertiary/aromatic N) is 4. The van der Waals surface area contributed by atoms with Gasteiger partial charge in [0.25, 0.3) is 5.91 Å². The molecule has 1 aromatic heterocycles. The van der Waals surface area contributed by atoms with Crippen LogP contribution in [0.3, 0.4) is 0 Å². The topological polar surface area (TPSA) is 75.5 Å². The summed E-state index contributed by atoms with van der Waals surface area (Å²) < 4.78 is 28.7. The van der Waals surface area contributed by atoms with Gasteiger partial charge in [0.2, 0.25) is 10.0 Å². The predicted octanol–water partition coefficient (Wildman–Crippen LogP) is 3.24. The van der Waals surface area contributed by atoms with Gasteiger partial charge in [-0.1, -0.05) is 38.1 Å². The van der Waals surface area contributed by atoms with Gasteiger partial charge in [-0.3, -0.25) is 9.48 Å². The van der Waals surface area contributed by atoms with E-state index in [0.717, 1.165) is 11.1 Å². The lowest BCUT2D eigenvalue weighted by atomic mass is 9.86. The highest BCUT2D eigenvalue weighted by Gasteiger charge is 2.30. The van der Waals surface area contributed by atoms with Crippen molar-refractivity contribution in [3.05, 3.63) is 83.2 Å². The first-order chi connectivity index (χ1) is 15.3. The van der Waals surface area contributed by atoms with Crippen molar-refractivity contribution in [2.45, 2.75) is 31.2 Å². The van der Waals surface area contributed by atoms with E-state index in [2.05, 4.69) is 17.2 Å². The number of rotatable bonds is 6. The highest BCUT2D eigenvalue weighted by molar-refractivity contribution is 7.89. The zero-order valence-electron chi connectivity index (χ0n) is 18.6. The number of carbonyl (C=O) groups excluding carboxylic acids is 1. The Balaban J connectivity index is 1.61. The van der Waals surface area contributed by atoms with E-state index in [0.29, 0.717) is 31.7 Å². The summed E-state index contributed by atoms with van der Waals surface area (Å²) in [5.41, 5.74) is 3.87. The molecule has 7 nitrogen and oxygen atoms in total. The van der Waals surface area contributed by atoms with Gasteiger partial charge in [0.1, 0.15) is 0 Å². The summed E-state index contributed by atoms with van der Waals surface area (Å²) in [6, 6.07) is 14.4. The largest absolute Gasteiger partial charge is 0.333 e. The maximum atomic E-state index is 13.3. The first-order valence-electron chi connectivity index (χ1n) is 10.8. The Bertz CT molecular complexity index is 1210. The molecule has 0 aliphatic carbocycles. The number of hydrogen-bond donors (Lipinski definition) is 0. The molecule has 4 rings (SSSR count). The van der Waals surface area contributed by atoms with Crippen LogP contribution in [0.4, 0.5) is 0 Å². The van der Waals surface area contributed by atoms with Gasteiger partial charge in [-0.05, 0) is 41.0 Å². The highest BCUT2D eigenvalue weighted by atomic mass is 32.2. The lowest BCUT2D eigenvalue weighted by Gasteiger charge is -2.34. The van der Waals surface area contributed by atoms with Crippen molar-refractivity contribution in [2.24, 2.45) is 7.05 Å². The molecule has 168 valence electrons. The number of amides is 1. The van der Waals surface area contributed by atoms with Crippen molar-refractivity contribution in [3.63, 3.8) is 0 Å². The second-order valence-corrected chi connectivity index (χ2v) is 9.94. The van der Waals surface area contributed by atoms with E-state index in [1.165, 1.54) is 22.0 Å². The van der Waals surface area contributed by atoms with Gasteiger partial charge in [-0.2, -0.15) is 9.40 Å². The van der Waals surface area contributed by atoms with Crippen molar-refractivity contribution >= 4 is 15.9 Å². The molecule has 1 aliphatic rings. The van der Waals surface area contributed by atoms with E-state index >= 15 is 0 Å². The van der Waals surface area contributed by atoms with Crippen molar-refractivity contribution in [3.8, 4) is 0 Å². The molecule has 1 amide bonds. The number of carbonyl (C=O) groups is 1. The van der Waals surface area contributed by atoms with Gasteiger partial charge >= 0.3 is 0 Å². The molecule has 1 aliphatic heterocycles. The number of benzene rings is 2. The van der Waals surface area contributed by atoms with Crippen molar-refractivity contribution < 1.29 is 13.2 Å². The van der Waals surface area contributed by atoms with Crippen molar-refractivity contribution in [1.29, 1.82) is 0 Å². The first-order valence-corrected chi connectivity index (χ1v) is 12.2. The molecule has 2 aromatic carbocycles.